The van der Waals surface area contributed by atoms with Crippen LogP contribution in [0.5, 0.6) is 0 Å². The lowest BCUT2D eigenvalue weighted by Crippen LogP contribution is -2.40. The zero-order chi connectivity index (χ0) is 14.1. The van der Waals surface area contributed by atoms with Gasteiger partial charge in [-0.15, -0.1) is 11.3 Å². The number of nitrogens with zero attached hydrogens (tertiary/aromatic N) is 2. The Labute approximate surface area is 120 Å². The monoisotopic (exact) mass is 295 g/mol. The largest absolute Gasteiger partial charge is 0.480 e. The van der Waals surface area contributed by atoms with E-state index in [0.717, 1.165) is 37.8 Å². The van der Waals surface area contributed by atoms with Crippen molar-refractivity contribution in [2.75, 3.05) is 18.4 Å². The van der Waals surface area contributed by atoms with Crippen LogP contribution in [0.3, 0.4) is 0 Å². The number of carbonyl (C=O) groups excluding carboxylic acids is 1. The topological polar surface area (TPSA) is 82.5 Å². The minimum atomic E-state index is -0.984. The molecule has 1 heterocycles. The molecule has 0 aliphatic heterocycles. The van der Waals surface area contributed by atoms with Gasteiger partial charge in [-0.3, -0.25) is 10.1 Å². The molecule has 0 unspecified atom stereocenters. The molecule has 2 aliphatic rings. The maximum Gasteiger partial charge on any atom is 0.324 e. The number of carboxylic acids is 1. The quantitative estimate of drug-likeness (QED) is 0.870. The first kappa shape index (κ1) is 13.4. The van der Waals surface area contributed by atoms with E-state index in [9.17, 15) is 9.59 Å². The van der Waals surface area contributed by atoms with Crippen LogP contribution in [-0.4, -0.2) is 40.1 Å². The van der Waals surface area contributed by atoms with E-state index in [1.807, 2.05) is 0 Å². The summed E-state index contributed by atoms with van der Waals surface area (Å²) < 4.78 is 0. The number of amides is 2. The highest BCUT2D eigenvalue weighted by molar-refractivity contribution is 7.15. The average molecular weight is 295 g/mol. The molecule has 0 atom stereocenters. The Morgan fingerprint density at radius 1 is 1.40 bits per heavy atom. The maximum atomic E-state index is 12.2. The van der Waals surface area contributed by atoms with Crippen molar-refractivity contribution in [3.63, 3.8) is 0 Å². The molecule has 1 aromatic heterocycles. The van der Waals surface area contributed by atoms with Gasteiger partial charge in [-0.05, 0) is 38.0 Å². The Hall–Kier alpha value is -1.63. The lowest BCUT2D eigenvalue weighted by Gasteiger charge is -2.20. The van der Waals surface area contributed by atoms with Crippen molar-refractivity contribution < 1.29 is 14.7 Å². The van der Waals surface area contributed by atoms with Crippen molar-refractivity contribution in [3.8, 4) is 0 Å². The van der Waals surface area contributed by atoms with Crippen LogP contribution in [0.15, 0.2) is 0 Å². The van der Waals surface area contributed by atoms with E-state index in [1.165, 1.54) is 21.1 Å². The van der Waals surface area contributed by atoms with E-state index < -0.39 is 5.97 Å². The molecule has 2 aliphatic carbocycles. The molecular formula is C13H17N3O3S. The van der Waals surface area contributed by atoms with Crippen LogP contribution in [0, 0.1) is 5.92 Å². The number of carbonyl (C=O) groups is 2. The molecule has 108 valence electrons. The Balaban J connectivity index is 1.63. The highest BCUT2D eigenvalue weighted by atomic mass is 32.1. The van der Waals surface area contributed by atoms with Crippen molar-refractivity contribution in [3.05, 3.63) is 10.6 Å². The zero-order valence-corrected chi connectivity index (χ0v) is 11.9. The SMILES string of the molecule is O=C(O)CN(CC1CC1)C(=O)Nc1nc2c(s1)CCC2. The first-order valence-corrected chi connectivity index (χ1v) is 7.70. The normalized spacial score (nSPS) is 16.8. The van der Waals surface area contributed by atoms with Crippen LogP contribution in [0.2, 0.25) is 0 Å². The second kappa shape index (κ2) is 5.40. The molecule has 1 aromatic rings. The Kier molecular flexibility index (Phi) is 3.60. The van der Waals surface area contributed by atoms with Gasteiger partial charge in [0, 0.05) is 11.4 Å². The summed E-state index contributed by atoms with van der Waals surface area (Å²) in [7, 11) is 0. The van der Waals surface area contributed by atoms with Crippen molar-refractivity contribution >= 4 is 28.5 Å². The number of urea groups is 1. The molecule has 0 aromatic carbocycles. The molecule has 0 radical (unpaired) electrons. The van der Waals surface area contributed by atoms with E-state index in [1.54, 1.807) is 0 Å². The lowest BCUT2D eigenvalue weighted by atomic mass is 10.3. The third kappa shape index (κ3) is 3.09. The number of carboxylic acid groups (broad SMARTS) is 1. The van der Waals surface area contributed by atoms with E-state index in [2.05, 4.69) is 10.3 Å². The second-order valence-corrected chi connectivity index (χ2v) is 6.47. The summed E-state index contributed by atoms with van der Waals surface area (Å²) in [5, 5.41) is 12.2. The fourth-order valence-corrected chi connectivity index (χ4v) is 3.45. The summed E-state index contributed by atoms with van der Waals surface area (Å²) in [4.78, 5) is 30.0. The Morgan fingerprint density at radius 3 is 2.85 bits per heavy atom. The van der Waals surface area contributed by atoms with Crippen LogP contribution in [-0.2, 0) is 17.6 Å². The number of fused-ring (bicyclic) bond motifs is 1. The summed E-state index contributed by atoms with van der Waals surface area (Å²) in [6.07, 6.45) is 5.30. The number of aliphatic carboxylic acids is 1. The van der Waals surface area contributed by atoms with Crippen LogP contribution in [0.25, 0.3) is 0 Å². The molecule has 2 amide bonds. The molecule has 3 rings (SSSR count). The standard InChI is InChI=1S/C13H17N3O3S/c17-11(18)7-16(6-8-4-5-8)13(19)15-12-14-9-2-1-3-10(9)20-12/h8H,1-7H2,(H,17,18)(H,14,15,19). The first-order valence-electron chi connectivity index (χ1n) is 6.88. The molecule has 0 bridgehead atoms. The average Bonchev–Trinajstić information content (AvgIpc) is 2.94. The number of aryl methyl sites for hydroxylation is 2. The molecular weight excluding hydrogens is 278 g/mol. The van der Waals surface area contributed by atoms with Gasteiger partial charge in [0.05, 0.1) is 5.69 Å². The molecule has 0 spiro atoms. The lowest BCUT2D eigenvalue weighted by molar-refractivity contribution is -0.137. The number of nitrogens with one attached hydrogen (secondary N) is 1. The number of hydrogen-bond acceptors (Lipinski definition) is 4. The van der Waals surface area contributed by atoms with E-state index in [0.29, 0.717) is 17.6 Å². The van der Waals surface area contributed by atoms with Gasteiger partial charge >= 0.3 is 12.0 Å². The summed E-state index contributed by atoms with van der Waals surface area (Å²) >= 11 is 1.50. The third-order valence-electron chi connectivity index (χ3n) is 3.60. The van der Waals surface area contributed by atoms with Gasteiger partial charge in [-0.25, -0.2) is 9.78 Å². The predicted octanol–water partition coefficient (Wildman–Crippen LogP) is 1.96. The van der Waals surface area contributed by atoms with Gasteiger partial charge in [0.15, 0.2) is 5.13 Å². The fourth-order valence-electron chi connectivity index (χ4n) is 2.41. The van der Waals surface area contributed by atoms with Crippen molar-refractivity contribution in [2.24, 2.45) is 5.92 Å². The molecule has 0 saturated heterocycles. The first-order chi connectivity index (χ1) is 9.61. The van der Waals surface area contributed by atoms with Crippen LogP contribution >= 0.6 is 11.3 Å². The van der Waals surface area contributed by atoms with Gasteiger partial charge in [-0.2, -0.15) is 0 Å². The molecule has 20 heavy (non-hydrogen) atoms. The number of aromatic nitrogens is 1. The van der Waals surface area contributed by atoms with Crippen molar-refractivity contribution in [1.29, 1.82) is 0 Å². The molecule has 1 saturated carbocycles. The van der Waals surface area contributed by atoms with E-state index in [-0.39, 0.29) is 12.6 Å². The molecule has 6 nitrogen and oxygen atoms in total. The maximum absolute atomic E-state index is 12.2. The molecule has 7 heteroatoms. The van der Waals surface area contributed by atoms with Crippen molar-refractivity contribution in [2.45, 2.75) is 32.1 Å². The van der Waals surface area contributed by atoms with Crippen LogP contribution in [0.4, 0.5) is 9.93 Å². The highest BCUT2D eigenvalue weighted by Gasteiger charge is 2.28. The number of rotatable bonds is 5. The Morgan fingerprint density at radius 2 is 2.20 bits per heavy atom. The molecule has 2 N–H and O–H groups in total. The fraction of sp³-hybridized carbons (Fsp3) is 0.615. The van der Waals surface area contributed by atoms with Gasteiger partial charge in [0.1, 0.15) is 6.54 Å². The number of anilines is 1. The summed E-state index contributed by atoms with van der Waals surface area (Å²) in [5.41, 5.74) is 1.08. The Bertz CT molecular complexity index is 517. The van der Waals surface area contributed by atoms with Crippen LogP contribution < -0.4 is 5.32 Å². The second-order valence-electron chi connectivity index (χ2n) is 5.39. The van der Waals surface area contributed by atoms with Gasteiger partial charge in [0.2, 0.25) is 0 Å². The third-order valence-corrected chi connectivity index (χ3v) is 4.67. The zero-order valence-electron chi connectivity index (χ0n) is 11.1. The van der Waals surface area contributed by atoms with E-state index in [4.69, 9.17) is 5.11 Å². The summed E-state index contributed by atoms with van der Waals surface area (Å²) in [6.45, 7) is 0.261. The number of hydrogen-bond donors (Lipinski definition) is 2. The smallest absolute Gasteiger partial charge is 0.324 e. The number of thiazole rings is 1. The van der Waals surface area contributed by atoms with Gasteiger partial charge < -0.3 is 10.0 Å². The summed E-state index contributed by atoms with van der Waals surface area (Å²) in [6, 6.07) is -0.355. The predicted molar refractivity (Wildman–Crippen MR) is 75.1 cm³/mol. The minimum absolute atomic E-state index is 0.257. The van der Waals surface area contributed by atoms with Gasteiger partial charge in [-0.1, -0.05) is 0 Å². The molecule has 1 fully saturated rings. The van der Waals surface area contributed by atoms with E-state index >= 15 is 0 Å². The minimum Gasteiger partial charge on any atom is -0.480 e. The summed E-state index contributed by atoms with van der Waals surface area (Å²) in [5.74, 6) is -0.524. The van der Waals surface area contributed by atoms with Crippen molar-refractivity contribution in [1.82, 2.24) is 9.88 Å². The van der Waals surface area contributed by atoms with Crippen LogP contribution in [0.1, 0.15) is 29.8 Å². The highest BCUT2D eigenvalue weighted by Crippen LogP contribution is 2.32. The van der Waals surface area contributed by atoms with Gasteiger partial charge in [0.25, 0.3) is 0 Å².